The van der Waals surface area contributed by atoms with Crippen LogP contribution in [0.15, 0.2) is 42.5 Å². The summed E-state index contributed by atoms with van der Waals surface area (Å²) in [4.78, 5) is 0.312. The summed E-state index contributed by atoms with van der Waals surface area (Å²) in [6.07, 6.45) is 0. The minimum absolute atomic E-state index is 0.312. The number of nitrogens with two attached hydrogens (primary N) is 1. The first-order valence-electron chi connectivity index (χ1n) is 5.40. The summed E-state index contributed by atoms with van der Waals surface area (Å²) in [7, 11) is 0. The SMILES string of the molecule is Cc1ccc(C(N)=S)c(Oc2cccc(Cl)c2)c1. The van der Waals surface area contributed by atoms with Crippen molar-refractivity contribution in [3.05, 3.63) is 58.6 Å². The van der Waals surface area contributed by atoms with Crippen molar-refractivity contribution >= 4 is 28.8 Å². The van der Waals surface area contributed by atoms with Crippen molar-refractivity contribution in [2.24, 2.45) is 5.73 Å². The summed E-state index contributed by atoms with van der Waals surface area (Å²) in [6.45, 7) is 1.98. The lowest BCUT2D eigenvalue weighted by atomic mass is 10.1. The molecule has 0 amide bonds. The Morgan fingerprint density at radius 3 is 2.67 bits per heavy atom. The Balaban J connectivity index is 2.39. The van der Waals surface area contributed by atoms with Gasteiger partial charge < -0.3 is 10.5 Å². The number of ether oxygens (including phenoxy) is 1. The lowest BCUT2D eigenvalue weighted by Crippen LogP contribution is -2.10. The predicted molar refractivity (Wildman–Crippen MR) is 78.6 cm³/mol. The number of halogens is 1. The predicted octanol–water partition coefficient (Wildman–Crippen LogP) is 4.07. The Bertz CT molecular complexity index is 598. The molecule has 2 nitrogen and oxygen atoms in total. The zero-order valence-corrected chi connectivity index (χ0v) is 11.4. The maximum Gasteiger partial charge on any atom is 0.137 e. The lowest BCUT2D eigenvalue weighted by molar-refractivity contribution is 0.481. The quantitative estimate of drug-likeness (QED) is 0.859. The van der Waals surface area contributed by atoms with Gasteiger partial charge in [0.15, 0.2) is 0 Å². The summed E-state index contributed by atoms with van der Waals surface area (Å²) < 4.78 is 5.78. The smallest absolute Gasteiger partial charge is 0.137 e. The van der Waals surface area contributed by atoms with E-state index in [1.807, 2.05) is 37.3 Å². The van der Waals surface area contributed by atoms with Crippen molar-refractivity contribution in [1.82, 2.24) is 0 Å². The molecule has 92 valence electrons. The number of hydrogen-bond acceptors (Lipinski definition) is 2. The Morgan fingerprint density at radius 2 is 2.00 bits per heavy atom. The van der Waals surface area contributed by atoms with Gasteiger partial charge in [-0.3, -0.25) is 0 Å². The molecule has 0 heterocycles. The summed E-state index contributed by atoms with van der Waals surface area (Å²) in [6, 6.07) is 12.9. The fourth-order valence-corrected chi connectivity index (χ4v) is 1.92. The second kappa shape index (κ2) is 5.38. The minimum atomic E-state index is 0.312. The van der Waals surface area contributed by atoms with Crippen LogP contribution in [0, 0.1) is 6.92 Å². The average molecular weight is 278 g/mol. The highest BCUT2D eigenvalue weighted by Gasteiger charge is 2.08. The van der Waals surface area contributed by atoms with Crippen LogP contribution in [0.2, 0.25) is 5.02 Å². The second-order valence-corrected chi connectivity index (χ2v) is 4.80. The van der Waals surface area contributed by atoms with E-state index < -0.39 is 0 Å². The van der Waals surface area contributed by atoms with Gasteiger partial charge in [0.1, 0.15) is 16.5 Å². The summed E-state index contributed by atoms with van der Waals surface area (Å²) in [5.41, 5.74) is 7.47. The topological polar surface area (TPSA) is 35.2 Å². The monoisotopic (exact) mass is 277 g/mol. The third-order valence-electron chi connectivity index (χ3n) is 2.43. The van der Waals surface area contributed by atoms with E-state index in [1.165, 1.54) is 0 Å². The normalized spacial score (nSPS) is 10.1. The fraction of sp³-hybridized carbons (Fsp3) is 0.0714. The van der Waals surface area contributed by atoms with E-state index in [-0.39, 0.29) is 0 Å². The van der Waals surface area contributed by atoms with Crippen LogP contribution in [0.1, 0.15) is 11.1 Å². The number of hydrogen-bond donors (Lipinski definition) is 1. The zero-order valence-electron chi connectivity index (χ0n) is 9.81. The average Bonchev–Trinajstić information content (AvgIpc) is 2.28. The van der Waals surface area contributed by atoms with Gasteiger partial charge in [0.2, 0.25) is 0 Å². The highest BCUT2D eigenvalue weighted by atomic mass is 35.5. The standard InChI is InChI=1S/C14H12ClNOS/c1-9-5-6-12(14(16)18)13(7-9)17-11-4-2-3-10(15)8-11/h2-8H,1H3,(H2,16,18). The largest absolute Gasteiger partial charge is 0.457 e. The molecule has 0 fully saturated rings. The van der Waals surface area contributed by atoms with Gasteiger partial charge in [-0.05, 0) is 42.8 Å². The Labute approximate surface area is 116 Å². The van der Waals surface area contributed by atoms with Crippen molar-refractivity contribution in [3.8, 4) is 11.5 Å². The van der Waals surface area contributed by atoms with Crippen LogP contribution in [0.3, 0.4) is 0 Å². The van der Waals surface area contributed by atoms with Crippen LogP contribution in [-0.4, -0.2) is 4.99 Å². The van der Waals surface area contributed by atoms with Gasteiger partial charge in [0, 0.05) is 5.02 Å². The molecule has 0 aromatic heterocycles. The molecular formula is C14H12ClNOS. The van der Waals surface area contributed by atoms with Crippen molar-refractivity contribution in [2.45, 2.75) is 6.92 Å². The molecule has 0 radical (unpaired) electrons. The van der Waals surface area contributed by atoms with Crippen molar-refractivity contribution in [2.75, 3.05) is 0 Å². The maximum absolute atomic E-state index is 5.91. The fourth-order valence-electron chi connectivity index (χ4n) is 1.58. The van der Waals surface area contributed by atoms with E-state index in [0.29, 0.717) is 21.5 Å². The molecule has 0 atom stereocenters. The highest BCUT2D eigenvalue weighted by molar-refractivity contribution is 7.80. The molecule has 0 aliphatic heterocycles. The van der Waals surface area contributed by atoms with Crippen molar-refractivity contribution in [3.63, 3.8) is 0 Å². The molecule has 2 rings (SSSR count). The van der Waals surface area contributed by atoms with Crippen LogP contribution in [0.25, 0.3) is 0 Å². The molecule has 4 heteroatoms. The molecule has 2 aromatic carbocycles. The highest BCUT2D eigenvalue weighted by Crippen LogP contribution is 2.28. The summed E-state index contributed by atoms with van der Waals surface area (Å²) in [5.74, 6) is 1.30. The molecular weight excluding hydrogens is 266 g/mol. The van der Waals surface area contributed by atoms with E-state index >= 15 is 0 Å². The summed E-state index contributed by atoms with van der Waals surface area (Å²) >= 11 is 10.9. The van der Waals surface area contributed by atoms with E-state index in [2.05, 4.69) is 0 Å². The number of aryl methyl sites for hydroxylation is 1. The van der Waals surface area contributed by atoms with Crippen LogP contribution in [0.5, 0.6) is 11.5 Å². The Hall–Kier alpha value is -1.58. The van der Waals surface area contributed by atoms with Crippen molar-refractivity contribution in [1.29, 1.82) is 0 Å². The third kappa shape index (κ3) is 3.00. The molecule has 0 spiro atoms. The first-order chi connectivity index (χ1) is 8.56. The van der Waals surface area contributed by atoms with Gasteiger partial charge in [-0.15, -0.1) is 0 Å². The van der Waals surface area contributed by atoms with Crippen LogP contribution >= 0.6 is 23.8 Å². The molecule has 18 heavy (non-hydrogen) atoms. The Morgan fingerprint density at radius 1 is 1.22 bits per heavy atom. The molecule has 2 aromatic rings. The molecule has 0 saturated heterocycles. The van der Waals surface area contributed by atoms with E-state index in [0.717, 1.165) is 11.1 Å². The molecule has 0 saturated carbocycles. The lowest BCUT2D eigenvalue weighted by Gasteiger charge is -2.11. The maximum atomic E-state index is 5.91. The molecule has 2 N–H and O–H groups in total. The minimum Gasteiger partial charge on any atom is -0.457 e. The molecule has 0 unspecified atom stereocenters. The van der Waals surface area contributed by atoms with Gasteiger partial charge in [0.05, 0.1) is 5.56 Å². The van der Waals surface area contributed by atoms with E-state index in [4.69, 9.17) is 34.3 Å². The number of benzene rings is 2. The first kappa shape index (κ1) is 12.9. The van der Waals surface area contributed by atoms with Gasteiger partial charge in [-0.25, -0.2) is 0 Å². The van der Waals surface area contributed by atoms with Gasteiger partial charge in [-0.1, -0.05) is 36.0 Å². The van der Waals surface area contributed by atoms with E-state index in [9.17, 15) is 0 Å². The molecule has 0 aliphatic rings. The Kier molecular flexibility index (Phi) is 3.84. The second-order valence-electron chi connectivity index (χ2n) is 3.92. The molecule has 0 aliphatic carbocycles. The van der Waals surface area contributed by atoms with Crippen LogP contribution < -0.4 is 10.5 Å². The number of thiocarbonyl (C=S) groups is 1. The van der Waals surface area contributed by atoms with Gasteiger partial charge in [0.25, 0.3) is 0 Å². The van der Waals surface area contributed by atoms with Gasteiger partial charge in [-0.2, -0.15) is 0 Å². The number of rotatable bonds is 3. The van der Waals surface area contributed by atoms with Crippen molar-refractivity contribution < 1.29 is 4.74 Å². The zero-order chi connectivity index (χ0) is 13.1. The third-order valence-corrected chi connectivity index (χ3v) is 2.88. The summed E-state index contributed by atoms with van der Waals surface area (Å²) in [5, 5.41) is 0.622. The van der Waals surface area contributed by atoms with Gasteiger partial charge >= 0.3 is 0 Å². The van der Waals surface area contributed by atoms with Crippen LogP contribution in [-0.2, 0) is 0 Å². The van der Waals surface area contributed by atoms with Crippen LogP contribution in [0.4, 0.5) is 0 Å². The first-order valence-corrected chi connectivity index (χ1v) is 6.19. The molecule has 0 bridgehead atoms. The van der Waals surface area contributed by atoms with E-state index in [1.54, 1.807) is 12.1 Å².